The average molecular weight is 257 g/mol. The number of Topliss-reactive ketones (excluding diaryl/α,β-unsaturated/α-hetero) is 1. The topological polar surface area (TPSA) is 49.7 Å². The van der Waals surface area contributed by atoms with Crippen molar-refractivity contribution < 1.29 is 9.90 Å². The van der Waals surface area contributed by atoms with Crippen LogP contribution in [0.2, 0.25) is 0 Å². The van der Waals surface area contributed by atoms with Crippen molar-refractivity contribution in [2.24, 2.45) is 10.4 Å². The van der Waals surface area contributed by atoms with Gasteiger partial charge < -0.3 is 5.11 Å². The standard InChI is InChI=1S/C16H19NO2/c1-16(2)9-12(17-3)14(13(18)10-16)15(19)11-7-5-4-6-8-11/h4-8,19H,9-10H2,1-3H3. The zero-order valence-electron chi connectivity index (χ0n) is 11.6. The molecule has 2 rings (SSSR count). The van der Waals surface area contributed by atoms with Crippen molar-refractivity contribution in [2.75, 3.05) is 7.05 Å². The number of hydrogen-bond donors (Lipinski definition) is 1. The molecule has 100 valence electrons. The first-order valence-electron chi connectivity index (χ1n) is 6.42. The van der Waals surface area contributed by atoms with E-state index in [1.165, 1.54) is 0 Å². The van der Waals surface area contributed by atoms with E-state index in [0.29, 0.717) is 29.7 Å². The Balaban J connectivity index is 2.51. The summed E-state index contributed by atoms with van der Waals surface area (Å²) in [6.45, 7) is 4.10. The van der Waals surface area contributed by atoms with Gasteiger partial charge in [0.05, 0.1) is 5.57 Å². The Labute approximate surface area is 113 Å². The van der Waals surface area contributed by atoms with Gasteiger partial charge in [-0.2, -0.15) is 0 Å². The first kappa shape index (κ1) is 13.5. The third kappa shape index (κ3) is 2.75. The number of rotatable bonds is 1. The minimum atomic E-state index is -0.0909. The number of carbonyl (C=O) groups excluding carboxylic acids is 1. The molecule has 19 heavy (non-hydrogen) atoms. The monoisotopic (exact) mass is 257 g/mol. The summed E-state index contributed by atoms with van der Waals surface area (Å²) in [6, 6.07) is 9.14. The van der Waals surface area contributed by atoms with Gasteiger partial charge in [-0.25, -0.2) is 0 Å². The molecule has 3 nitrogen and oxygen atoms in total. The van der Waals surface area contributed by atoms with Crippen LogP contribution in [-0.4, -0.2) is 23.6 Å². The molecular formula is C16H19NO2. The SMILES string of the molecule is CN=C1CC(C)(C)CC(=O)C1=C(O)c1ccccc1. The second-order valence-electron chi connectivity index (χ2n) is 5.70. The molecule has 0 atom stereocenters. The molecule has 0 saturated heterocycles. The van der Waals surface area contributed by atoms with Crippen molar-refractivity contribution in [3.8, 4) is 0 Å². The summed E-state index contributed by atoms with van der Waals surface area (Å²) >= 11 is 0. The van der Waals surface area contributed by atoms with Crippen LogP contribution in [0.5, 0.6) is 0 Å². The van der Waals surface area contributed by atoms with Crippen LogP contribution in [0.25, 0.3) is 5.76 Å². The van der Waals surface area contributed by atoms with E-state index >= 15 is 0 Å². The van der Waals surface area contributed by atoms with Gasteiger partial charge in [0.2, 0.25) is 0 Å². The Morgan fingerprint density at radius 1 is 1.21 bits per heavy atom. The quantitative estimate of drug-likeness (QED) is 0.619. The highest BCUT2D eigenvalue weighted by Gasteiger charge is 2.36. The number of carbonyl (C=O) groups is 1. The zero-order chi connectivity index (χ0) is 14.0. The van der Waals surface area contributed by atoms with E-state index in [1.54, 1.807) is 19.2 Å². The molecule has 0 amide bonds. The maximum absolute atomic E-state index is 12.3. The first-order valence-corrected chi connectivity index (χ1v) is 6.42. The Hall–Kier alpha value is -1.90. The van der Waals surface area contributed by atoms with Gasteiger partial charge in [0, 0.05) is 24.7 Å². The van der Waals surface area contributed by atoms with Crippen LogP contribution in [0.3, 0.4) is 0 Å². The molecule has 3 heteroatoms. The summed E-state index contributed by atoms with van der Waals surface area (Å²) in [4.78, 5) is 16.5. The molecule has 1 aromatic carbocycles. The van der Waals surface area contributed by atoms with E-state index in [-0.39, 0.29) is 17.0 Å². The molecule has 0 aliphatic heterocycles. The number of allylic oxidation sites excluding steroid dienone is 1. The number of benzene rings is 1. The fourth-order valence-electron chi connectivity index (χ4n) is 2.49. The molecule has 1 aromatic rings. The van der Waals surface area contributed by atoms with Gasteiger partial charge in [-0.3, -0.25) is 9.79 Å². The van der Waals surface area contributed by atoms with Crippen LogP contribution in [0.4, 0.5) is 0 Å². The molecule has 1 saturated carbocycles. The van der Waals surface area contributed by atoms with Crippen molar-refractivity contribution in [1.29, 1.82) is 0 Å². The van der Waals surface area contributed by atoms with Crippen LogP contribution >= 0.6 is 0 Å². The fraction of sp³-hybridized carbons (Fsp3) is 0.375. The van der Waals surface area contributed by atoms with Crippen molar-refractivity contribution in [1.82, 2.24) is 0 Å². The van der Waals surface area contributed by atoms with Gasteiger partial charge >= 0.3 is 0 Å². The zero-order valence-corrected chi connectivity index (χ0v) is 11.6. The third-order valence-corrected chi connectivity index (χ3v) is 3.41. The van der Waals surface area contributed by atoms with Crippen LogP contribution in [0.15, 0.2) is 40.9 Å². The Morgan fingerprint density at radius 3 is 2.42 bits per heavy atom. The van der Waals surface area contributed by atoms with Crippen LogP contribution in [0.1, 0.15) is 32.3 Å². The second kappa shape index (κ2) is 5.00. The van der Waals surface area contributed by atoms with E-state index in [4.69, 9.17) is 0 Å². The highest BCUT2D eigenvalue weighted by atomic mass is 16.3. The smallest absolute Gasteiger partial charge is 0.168 e. The average Bonchev–Trinajstić information content (AvgIpc) is 2.37. The molecule has 0 unspecified atom stereocenters. The predicted molar refractivity (Wildman–Crippen MR) is 77.4 cm³/mol. The number of nitrogens with zero attached hydrogens (tertiary/aromatic N) is 1. The van der Waals surface area contributed by atoms with Gasteiger partial charge in [0.25, 0.3) is 0 Å². The highest BCUT2D eigenvalue weighted by molar-refractivity contribution is 6.28. The van der Waals surface area contributed by atoms with Crippen molar-refractivity contribution in [3.05, 3.63) is 41.5 Å². The minimum Gasteiger partial charge on any atom is -0.506 e. The van der Waals surface area contributed by atoms with Crippen LogP contribution in [0, 0.1) is 5.41 Å². The molecular weight excluding hydrogens is 238 g/mol. The summed E-state index contributed by atoms with van der Waals surface area (Å²) < 4.78 is 0. The number of aliphatic hydroxyl groups excluding tert-OH is 1. The van der Waals surface area contributed by atoms with Crippen molar-refractivity contribution >= 4 is 17.3 Å². The summed E-state index contributed by atoms with van der Waals surface area (Å²) in [7, 11) is 1.67. The maximum atomic E-state index is 12.3. The van der Waals surface area contributed by atoms with E-state index < -0.39 is 0 Å². The molecule has 0 spiro atoms. The van der Waals surface area contributed by atoms with E-state index in [2.05, 4.69) is 4.99 Å². The Morgan fingerprint density at radius 2 is 1.84 bits per heavy atom. The number of ketones is 1. The van der Waals surface area contributed by atoms with Crippen LogP contribution in [-0.2, 0) is 4.79 Å². The van der Waals surface area contributed by atoms with Crippen molar-refractivity contribution in [2.45, 2.75) is 26.7 Å². The van der Waals surface area contributed by atoms with Gasteiger partial charge in [0.1, 0.15) is 5.76 Å². The molecule has 1 aliphatic rings. The normalized spacial score (nSPS) is 23.5. The summed E-state index contributed by atoms with van der Waals surface area (Å²) in [5, 5.41) is 10.4. The molecule has 0 aromatic heterocycles. The Bertz CT molecular complexity index is 553. The molecule has 1 N–H and O–H groups in total. The fourth-order valence-corrected chi connectivity index (χ4v) is 2.49. The number of hydrogen-bond acceptors (Lipinski definition) is 3. The number of aliphatic hydroxyl groups is 1. The van der Waals surface area contributed by atoms with E-state index in [0.717, 1.165) is 0 Å². The number of aliphatic imine (C=N–C) groups is 1. The lowest BCUT2D eigenvalue weighted by Gasteiger charge is -2.31. The van der Waals surface area contributed by atoms with E-state index in [9.17, 15) is 9.90 Å². The molecule has 0 radical (unpaired) electrons. The lowest BCUT2D eigenvalue weighted by atomic mass is 9.73. The largest absolute Gasteiger partial charge is 0.506 e. The third-order valence-electron chi connectivity index (χ3n) is 3.41. The highest BCUT2D eigenvalue weighted by Crippen LogP contribution is 2.36. The Kier molecular flexibility index (Phi) is 3.56. The predicted octanol–water partition coefficient (Wildman–Crippen LogP) is 3.42. The van der Waals surface area contributed by atoms with E-state index in [1.807, 2.05) is 32.0 Å². The molecule has 1 fully saturated rings. The van der Waals surface area contributed by atoms with Gasteiger partial charge in [-0.1, -0.05) is 44.2 Å². The molecule has 0 heterocycles. The van der Waals surface area contributed by atoms with Gasteiger partial charge in [-0.05, 0) is 11.8 Å². The first-order chi connectivity index (χ1) is 8.94. The summed E-state index contributed by atoms with van der Waals surface area (Å²) in [6.07, 6.45) is 1.15. The molecule has 1 aliphatic carbocycles. The lowest BCUT2D eigenvalue weighted by molar-refractivity contribution is -0.117. The molecule has 0 bridgehead atoms. The van der Waals surface area contributed by atoms with Gasteiger partial charge in [0.15, 0.2) is 5.78 Å². The second-order valence-corrected chi connectivity index (χ2v) is 5.70. The van der Waals surface area contributed by atoms with Crippen molar-refractivity contribution in [3.63, 3.8) is 0 Å². The maximum Gasteiger partial charge on any atom is 0.168 e. The summed E-state index contributed by atoms with van der Waals surface area (Å²) in [5.74, 6) is 0.0138. The van der Waals surface area contributed by atoms with Crippen LogP contribution < -0.4 is 0 Å². The van der Waals surface area contributed by atoms with Gasteiger partial charge in [-0.15, -0.1) is 0 Å². The lowest BCUT2D eigenvalue weighted by Crippen LogP contribution is -2.32. The summed E-state index contributed by atoms with van der Waals surface area (Å²) in [5.41, 5.74) is 1.65. The minimum absolute atomic E-state index is 0.0294.